The molecule has 7 heteroatoms. The third-order valence-electron chi connectivity index (χ3n) is 2.56. The summed E-state index contributed by atoms with van der Waals surface area (Å²) in [5.41, 5.74) is 1.01. The second-order valence-electron chi connectivity index (χ2n) is 4.35. The van der Waals surface area contributed by atoms with Gasteiger partial charge in [-0.1, -0.05) is 0 Å². The molecule has 0 saturated heterocycles. The van der Waals surface area contributed by atoms with E-state index in [-0.39, 0.29) is 12.5 Å². The highest BCUT2D eigenvalue weighted by molar-refractivity contribution is 14.1. The van der Waals surface area contributed by atoms with Crippen LogP contribution >= 0.6 is 22.6 Å². The van der Waals surface area contributed by atoms with Crippen molar-refractivity contribution < 1.29 is 19.1 Å². The third kappa shape index (κ3) is 5.96. The molecule has 0 spiro atoms. The average Bonchev–Trinajstić information content (AvgIpc) is 2.41. The second kappa shape index (κ2) is 8.93. The van der Waals surface area contributed by atoms with Crippen LogP contribution in [0.5, 0.6) is 0 Å². The van der Waals surface area contributed by atoms with E-state index in [1.165, 1.54) is 0 Å². The van der Waals surface area contributed by atoms with Gasteiger partial charge in [-0.05, 0) is 49.6 Å². The molecule has 0 aromatic carbocycles. The number of carbonyl (C=O) groups excluding carboxylic acids is 2. The maximum Gasteiger partial charge on any atom is 0.340 e. The fraction of sp³-hybridized carbons (Fsp3) is 0.500. The molecule has 1 aromatic heterocycles. The van der Waals surface area contributed by atoms with Crippen LogP contribution in [0.4, 0.5) is 0 Å². The Bertz CT molecular complexity index is 508. The van der Waals surface area contributed by atoms with Gasteiger partial charge in [-0.25, -0.2) is 4.79 Å². The van der Waals surface area contributed by atoms with E-state index >= 15 is 0 Å². The van der Waals surface area contributed by atoms with Crippen LogP contribution in [0.1, 0.15) is 29.9 Å². The van der Waals surface area contributed by atoms with Gasteiger partial charge in [-0.3, -0.25) is 14.7 Å². The summed E-state index contributed by atoms with van der Waals surface area (Å²) in [5, 5.41) is 0. The van der Waals surface area contributed by atoms with Gasteiger partial charge in [0.2, 0.25) is 0 Å². The zero-order chi connectivity index (χ0) is 15.8. The first-order valence-corrected chi connectivity index (χ1v) is 7.71. The van der Waals surface area contributed by atoms with Crippen molar-refractivity contribution in [2.24, 2.45) is 0 Å². The molecule has 1 aromatic rings. The summed E-state index contributed by atoms with van der Waals surface area (Å²) in [7, 11) is 1.77. The maximum atomic E-state index is 11.9. The zero-order valence-corrected chi connectivity index (χ0v) is 14.5. The molecule has 0 aliphatic rings. The Balaban J connectivity index is 2.82. The highest BCUT2D eigenvalue weighted by Gasteiger charge is 2.17. The van der Waals surface area contributed by atoms with Gasteiger partial charge in [0, 0.05) is 16.3 Å². The van der Waals surface area contributed by atoms with Crippen molar-refractivity contribution >= 4 is 34.5 Å². The zero-order valence-electron chi connectivity index (χ0n) is 12.4. The van der Waals surface area contributed by atoms with Gasteiger partial charge in [0.05, 0.1) is 31.0 Å². The summed E-state index contributed by atoms with van der Waals surface area (Å²) in [6, 6.07) is 1.74. The van der Waals surface area contributed by atoms with E-state index in [9.17, 15) is 9.59 Å². The lowest BCUT2D eigenvalue weighted by Gasteiger charge is -2.16. The van der Waals surface area contributed by atoms with Gasteiger partial charge in [-0.15, -0.1) is 0 Å². The van der Waals surface area contributed by atoms with Gasteiger partial charge in [0.1, 0.15) is 0 Å². The van der Waals surface area contributed by atoms with E-state index in [1.54, 1.807) is 38.1 Å². The van der Waals surface area contributed by atoms with Crippen LogP contribution in [0.2, 0.25) is 0 Å². The molecule has 21 heavy (non-hydrogen) atoms. The standard InChI is InChI=1S/C14H19IN2O4/c1-4-20-13(18)9-17(3)8-12-11(14(19)21-5-2)6-10(15)7-16-12/h6-7H,4-5,8-9H2,1-3H3. The first kappa shape index (κ1) is 17.8. The van der Waals surface area contributed by atoms with Crippen molar-refractivity contribution in [3.63, 3.8) is 0 Å². The quantitative estimate of drug-likeness (QED) is 0.509. The average molecular weight is 406 g/mol. The van der Waals surface area contributed by atoms with Crippen molar-refractivity contribution in [2.45, 2.75) is 20.4 Å². The predicted molar refractivity (Wildman–Crippen MR) is 85.9 cm³/mol. The largest absolute Gasteiger partial charge is 0.465 e. The lowest BCUT2D eigenvalue weighted by molar-refractivity contribution is -0.144. The Labute approximate surface area is 138 Å². The fourth-order valence-electron chi connectivity index (χ4n) is 1.72. The molecule has 0 fully saturated rings. The Morgan fingerprint density at radius 2 is 1.95 bits per heavy atom. The number of pyridine rings is 1. The summed E-state index contributed by atoms with van der Waals surface area (Å²) < 4.78 is 10.8. The summed E-state index contributed by atoms with van der Waals surface area (Å²) in [4.78, 5) is 29.4. The Morgan fingerprint density at radius 3 is 2.57 bits per heavy atom. The normalized spacial score (nSPS) is 10.5. The predicted octanol–water partition coefficient (Wildman–Crippen LogP) is 1.86. The number of carbonyl (C=O) groups is 2. The number of likely N-dealkylation sites (N-methyl/N-ethyl adjacent to an activating group) is 1. The van der Waals surface area contributed by atoms with E-state index in [0.29, 0.717) is 31.0 Å². The van der Waals surface area contributed by atoms with Gasteiger partial charge in [0.25, 0.3) is 0 Å². The number of hydrogen-bond acceptors (Lipinski definition) is 6. The topological polar surface area (TPSA) is 68.7 Å². The molecule has 0 atom stereocenters. The molecular weight excluding hydrogens is 387 g/mol. The van der Waals surface area contributed by atoms with Crippen LogP contribution in [0.15, 0.2) is 12.3 Å². The fourth-order valence-corrected chi connectivity index (χ4v) is 2.17. The van der Waals surface area contributed by atoms with Crippen molar-refractivity contribution in [1.29, 1.82) is 0 Å². The molecular formula is C14H19IN2O4. The number of rotatable bonds is 7. The van der Waals surface area contributed by atoms with E-state index in [4.69, 9.17) is 9.47 Å². The number of esters is 2. The lowest BCUT2D eigenvalue weighted by Crippen LogP contribution is -2.28. The molecule has 0 radical (unpaired) electrons. The molecule has 0 saturated carbocycles. The Hall–Kier alpha value is -1.22. The minimum atomic E-state index is -0.400. The van der Waals surface area contributed by atoms with Gasteiger partial charge in [0.15, 0.2) is 0 Å². The van der Waals surface area contributed by atoms with Crippen LogP contribution < -0.4 is 0 Å². The van der Waals surface area contributed by atoms with Gasteiger partial charge >= 0.3 is 11.9 Å². The van der Waals surface area contributed by atoms with Crippen molar-refractivity contribution in [1.82, 2.24) is 9.88 Å². The summed E-state index contributed by atoms with van der Waals surface area (Å²) >= 11 is 2.09. The molecule has 116 valence electrons. The number of aromatic nitrogens is 1. The molecule has 0 amide bonds. The molecule has 0 aliphatic heterocycles. The molecule has 1 heterocycles. The summed E-state index contributed by atoms with van der Waals surface area (Å²) in [5.74, 6) is -0.703. The van der Waals surface area contributed by atoms with E-state index in [0.717, 1.165) is 3.57 Å². The molecule has 1 rings (SSSR count). The number of hydrogen-bond donors (Lipinski definition) is 0. The molecule has 0 unspecified atom stereocenters. The van der Waals surface area contributed by atoms with Crippen LogP contribution in [0.25, 0.3) is 0 Å². The lowest BCUT2D eigenvalue weighted by atomic mass is 10.2. The Kier molecular flexibility index (Phi) is 7.58. The second-order valence-corrected chi connectivity index (χ2v) is 5.59. The molecule has 6 nitrogen and oxygen atoms in total. The first-order chi connectivity index (χ1) is 9.97. The van der Waals surface area contributed by atoms with Crippen molar-refractivity contribution in [2.75, 3.05) is 26.8 Å². The van der Waals surface area contributed by atoms with Crippen LogP contribution in [0, 0.1) is 3.57 Å². The molecule has 0 bridgehead atoms. The summed E-state index contributed by atoms with van der Waals surface area (Å²) in [6.07, 6.45) is 1.68. The van der Waals surface area contributed by atoms with Crippen molar-refractivity contribution in [3.05, 3.63) is 27.1 Å². The van der Waals surface area contributed by atoms with Crippen LogP contribution in [0.3, 0.4) is 0 Å². The SMILES string of the molecule is CCOC(=O)CN(C)Cc1ncc(I)cc1C(=O)OCC. The van der Waals surface area contributed by atoms with Crippen LogP contribution in [-0.2, 0) is 20.8 Å². The van der Waals surface area contributed by atoms with E-state index in [2.05, 4.69) is 27.6 Å². The van der Waals surface area contributed by atoms with Crippen LogP contribution in [-0.4, -0.2) is 48.6 Å². The number of halogens is 1. The number of ether oxygens (including phenoxy) is 2. The van der Waals surface area contributed by atoms with E-state index in [1.807, 2.05) is 0 Å². The number of nitrogens with zero attached hydrogens (tertiary/aromatic N) is 2. The molecule has 0 N–H and O–H groups in total. The first-order valence-electron chi connectivity index (χ1n) is 6.63. The molecule has 0 aliphatic carbocycles. The highest BCUT2D eigenvalue weighted by Crippen LogP contribution is 2.14. The van der Waals surface area contributed by atoms with E-state index < -0.39 is 5.97 Å². The van der Waals surface area contributed by atoms with Gasteiger partial charge < -0.3 is 9.47 Å². The van der Waals surface area contributed by atoms with Crippen molar-refractivity contribution in [3.8, 4) is 0 Å². The summed E-state index contributed by atoms with van der Waals surface area (Å²) in [6.45, 7) is 4.68. The minimum absolute atomic E-state index is 0.143. The highest BCUT2D eigenvalue weighted by atomic mass is 127. The minimum Gasteiger partial charge on any atom is -0.465 e. The Morgan fingerprint density at radius 1 is 1.29 bits per heavy atom. The monoisotopic (exact) mass is 406 g/mol. The maximum absolute atomic E-state index is 11.9. The third-order valence-corrected chi connectivity index (χ3v) is 3.15. The van der Waals surface area contributed by atoms with Gasteiger partial charge in [-0.2, -0.15) is 0 Å². The smallest absolute Gasteiger partial charge is 0.340 e.